The number of benzene rings is 1. The van der Waals surface area contributed by atoms with Crippen LogP contribution < -0.4 is 10.2 Å². The molecule has 1 aromatic carbocycles. The van der Waals surface area contributed by atoms with Crippen LogP contribution in [0.2, 0.25) is 0 Å². The van der Waals surface area contributed by atoms with E-state index >= 15 is 0 Å². The molecule has 30 heavy (non-hydrogen) atoms. The normalized spacial score (nSPS) is 21.9. The first-order chi connectivity index (χ1) is 14.8. The molecule has 1 unspecified atom stereocenters. The highest BCUT2D eigenvalue weighted by atomic mass is 16.5. The number of amides is 1. The second-order valence-corrected chi connectivity index (χ2v) is 7.58. The smallest absolute Gasteiger partial charge is 0.281 e. The van der Waals surface area contributed by atoms with Gasteiger partial charge in [0, 0.05) is 43.9 Å². The van der Waals surface area contributed by atoms with E-state index in [1.807, 2.05) is 30.3 Å². The first kappa shape index (κ1) is 18.7. The highest BCUT2D eigenvalue weighted by Crippen LogP contribution is 2.38. The van der Waals surface area contributed by atoms with Gasteiger partial charge in [0.25, 0.3) is 5.91 Å². The zero-order valence-electron chi connectivity index (χ0n) is 16.5. The SMILES string of the molecule is O=C1N(CCC2CCOCC2)c2nccnc2NC1(c1ccccc1)n1ccnn1. The molecule has 1 amide bonds. The Morgan fingerprint density at radius 1 is 1.10 bits per heavy atom. The number of hydrogen-bond donors (Lipinski definition) is 1. The molecule has 0 aliphatic carbocycles. The number of anilines is 2. The molecule has 9 nitrogen and oxygen atoms in total. The molecule has 1 atom stereocenters. The number of ether oxygens (including phenoxy) is 1. The minimum Gasteiger partial charge on any atom is -0.381 e. The molecule has 1 saturated heterocycles. The van der Waals surface area contributed by atoms with Crippen LogP contribution in [-0.4, -0.2) is 50.6 Å². The summed E-state index contributed by atoms with van der Waals surface area (Å²) in [7, 11) is 0. The number of hydrogen-bond acceptors (Lipinski definition) is 7. The maximum atomic E-state index is 14.1. The Hall–Kier alpha value is -3.33. The maximum Gasteiger partial charge on any atom is 0.281 e. The fraction of sp³-hybridized carbons (Fsp3) is 0.381. The van der Waals surface area contributed by atoms with Crippen molar-refractivity contribution in [2.24, 2.45) is 5.92 Å². The molecule has 1 fully saturated rings. The summed E-state index contributed by atoms with van der Waals surface area (Å²) in [6, 6.07) is 9.54. The zero-order valence-corrected chi connectivity index (χ0v) is 16.5. The standard InChI is InChI=1S/C21H23N7O2/c29-20-21(28-13-11-24-26-28,17-4-2-1-3-5-17)25-18-19(23-10-9-22-18)27(20)12-6-16-7-14-30-15-8-16/h1-5,9-11,13,16H,6-8,12,14-15H2,(H,22,25). The summed E-state index contributed by atoms with van der Waals surface area (Å²) in [4.78, 5) is 24.7. The van der Waals surface area contributed by atoms with Gasteiger partial charge in [0.15, 0.2) is 11.6 Å². The van der Waals surface area contributed by atoms with Crippen LogP contribution in [0.4, 0.5) is 11.6 Å². The van der Waals surface area contributed by atoms with Crippen LogP contribution in [0, 0.1) is 5.92 Å². The largest absolute Gasteiger partial charge is 0.381 e. The van der Waals surface area contributed by atoms with Gasteiger partial charge in [-0.1, -0.05) is 35.5 Å². The molecular formula is C21H23N7O2. The van der Waals surface area contributed by atoms with Gasteiger partial charge in [-0.2, -0.15) is 0 Å². The molecule has 1 N–H and O–H groups in total. The molecule has 5 rings (SSSR count). The van der Waals surface area contributed by atoms with Gasteiger partial charge in [-0.3, -0.25) is 9.69 Å². The highest BCUT2D eigenvalue weighted by Gasteiger charge is 2.51. The lowest BCUT2D eigenvalue weighted by Crippen LogP contribution is -2.60. The summed E-state index contributed by atoms with van der Waals surface area (Å²) in [5, 5.41) is 11.5. The van der Waals surface area contributed by atoms with Crippen LogP contribution in [0.15, 0.2) is 55.1 Å². The van der Waals surface area contributed by atoms with Gasteiger partial charge in [0.2, 0.25) is 5.66 Å². The van der Waals surface area contributed by atoms with E-state index in [1.54, 1.807) is 34.4 Å². The van der Waals surface area contributed by atoms with Crippen LogP contribution >= 0.6 is 0 Å². The Morgan fingerprint density at radius 2 is 1.90 bits per heavy atom. The number of carbonyl (C=O) groups is 1. The lowest BCUT2D eigenvalue weighted by molar-refractivity contribution is -0.125. The molecule has 154 valence electrons. The van der Waals surface area contributed by atoms with E-state index < -0.39 is 5.66 Å². The number of nitrogens with zero attached hydrogens (tertiary/aromatic N) is 6. The summed E-state index contributed by atoms with van der Waals surface area (Å²) >= 11 is 0. The third-order valence-corrected chi connectivity index (χ3v) is 5.85. The molecule has 4 heterocycles. The molecule has 0 bridgehead atoms. The predicted molar refractivity (Wildman–Crippen MR) is 110 cm³/mol. The molecule has 2 aliphatic heterocycles. The van der Waals surface area contributed by atoms with Crippen LogP contribution in [0.25, 0.3) is 0 Å². The van der Waals surface area contributed by atoms with Crippen LogP contribution in [0.3, 0.4) is 0 Å². The van der Waals surface area contributed by atoms with Crippen molar-refractivity contribution < 1.29 is 9.53 Å². The molecule has 0 radical (unpaired) electrons. The summed E-state index contributed by atoms with van der Waals surface area (Å²) in [5.74, 6) is 1.46. The average Bonchev–Trinajstić information content (AvgIpc) is 3.35. The molecule has 2 aromatic heterocycles. The van der Waals surface area contributed by atoms with Crippen LogP contribution in [0.5, 0.6) is 0 Å². The van der Waals surface area contributed by atoms with Crippen molar-refractivity contribution in [2.75, 3.05) is 30.0 Å². The first-order valence-corrected chi connectivity index (χ1v) is 10.2. The second-order valence-electron chi connectivity index (χ2n) is 7.58. The predicted octanol–water partition coefficient (Wildman–Crippen LogP) is 2.04. The van der Waals surface area contributed by atoms with Crippen molar-refractivity contribution in [3.8, 4) is 0 Å². The van der Waals surface area contributed by atoms with E-state index in [9.17, 15) is 4.79 Å². The van der Waals surface area contributed by atoms with Gasteiger partial charge in [-0.25, -0.2) is 14.6 Å². The third kappa shape index (κ3) is 3.11. The van der Waals surface area contributed by atoms with E-state index in [2.05, 4.69) is 25.6 Å². The Morgan fingerprint density at radius 3 is 2.67 bits per heavy atom. The van der Waals surface area contributed by atoms with E-state index in [0.29, 0.717) is 24.1 Å². The average molecular weight is 405 g/mol. The van der Waals surface area contributed by atoms with Crippen molar-refractivity contribution in [2.45, 2.75) is 24.9 Å². The van der Waals surface area contributed by atoms with Crippen molar-refractivity contribution >= 4 is 17.5 Å². The molecule has 9 heteroatoms. The quantitative estimate of drug-likeness (QED) is 0.694. The molecule has 3 aromatic rings. The summed E-state index contributed by atoms with van der Waals surface area (Å²) in [6.07, 6.45) is 9.40. The lowest BCUT2D eigenvalue weighted by atomic mass is 9.93. The van der Waals surface area contributed by atoms with Gasteiger partial charge >= 0.3 is 0 Å². The Bertz CT molecular complexity index is 1010. The molecule has 2 aliphatic rings. The van der Waals surface area contributed by atoms with Gasteiger partial charge < -0.3 is 10.1 Å². The van der Waals surface area contributed by atoms with Gasteiger partial charge in [0.1, 0.15) is 0 Å². The zero-order chi connectivity index (χ0) is 20.4. The number of nitrogens with one attached hydrogen (secondary N) is 1. The van der Waals surface area contributed by atoms with Crippen LogP contribution in [-0.2, 0) is 15.2 Å². The first-order valence-electron chi connectivity index (χ1n) is 10.2. The van der Waals surface area contributed by atoms with E-state index in [4.69, 9.17) is 4.74 Å². The Balaban J connectivity index is 1.58. The molecule has 0 spiro atoms. The van der Waals surface area contributed by atoms with Gasteiger partial charge in [-0.15, -0.1) is 5.10 Å². The minimum absolute atomic E-state index is 0.153. The summed E-state index contributed by atoms with van der Waals surface area (Å²) < 4.78 is 7.04. The fourth-order valence-corrected chi connectivity index (χ4v) is 4.24. The van der Waals surface area contributed by atoms with E-state index in [1.165, 1.54) is 0 Å². The maximum absolute atomic E-state index is 14.1. The van der Waals surface area contributed by atoms with Crippen molar-refractivity contribution in [1.82, 2.24) is 25.0 Å². The van der Waals surface area contributed by atoms with E-state index in [0.717, 1.165) is 38.0 Å². The van der Waals surface area contributed by atoms with Crippen LogP contribution in [0.1, 0.15) is 24.8 Å². The lowest BCUT2D eigenvalue weighted by Gasteiger charge is -2.42. The monoisotopic (exact) mass is 405 g/mol. The van der Waals surface area contributed by atoms with Crippen molar-refractivity contribution in [3.05, 3.63) is 60.7 Å². The number of carbonyl (C=O) groups excluding carboxylic acids is 1. The van der Waals surface area contributed by atoms with E-state index in [-0.39, 0.29) is 5.91 Å². The van der Waals surface area contributed by atoms with Gasteiger partial charge in [0.05, 0.1) is 6.20 Å². The summed E-state index contributed by atoms with van der Waals surface area (Å²) in [5.41, 5.74) is -0.524. The number of rotatable bonds is 5. The Labute approximate surface area is 174 Å². The Kier molecular flexibility index (Phi) is 4.88. The van der Waals surface area contributed by atoms with Crippen molar-refractivity contribution in [3.63, 3.8) is 0 Å². The molecular weight excluding hydrogens is 382 g/mol. The summed E-state index contributed by atoms with van der Waals surface area (Å²) in [6.45, 7) is 2.12. The molecule has 0 saturated carbocycles. The fourth-order valence-electron chi connectivity index (χ4n) is 4.24. The third-order valence-electron chi connectivity index (χ3n) is 5.85. The minimum atomic E-state index is -1.28. The number of aromatic nitrogens is 5. The van der Waals surface area contributed by atoms with Crippen molar-refractivity contribution in [1.29, 1.82) is 0 Å². The van der Waals surface area contributed by atoms with Gasteiger partial charge in [-0.05, 0) is 25.2 Å². The number of fused-ring (bicyclic) bond motifs is 1. The highest BCUT2D eigenvalue weighted by molar-refractivity contribution is 6.06. The topological polar surface area (TPSA) is 98.1 Å². The second kappa shape index (κ2) is 7.83.